The number of nitro groups is 1. The number of ether oxygens (including phenoxy) is 1. The number of anilines is 1. The van der Waals surface area contributed by atoms with Crippen molar-refractivity contribution in [3.05, 3.63) is 93.5 Å². The van der Waals surface area contributed by atoms with Crippen LogP contribution >= 0.6 is 0 Å². The van der Waals surface area contributed by atoms with Gasteiger partial charge in [0, 0.05) is 16.8 Å². The zero-order chi connectivity index (χ0) is 25.6. The second kappa shape index (κ2) is 10.7. The van der Waals surface area contributed by atoms with Gasteiger partial charge >= 0.3 is 0 Å². The predicted octanol–water partition coefficient (Wildman–Crippen LogP) is 3.18. The topological polar surface area (TPSA) is 157 Å². The number of para-hydroxylation sites is 1. The maximum atomic E-state index is 12.6. The molecule has 0 spiro atoms. The van der Waals surface area contributed by atoms with Gasteiger partial charge in [-0.05, 0) is 68.4 Å². The third kappa shape index (κ3) is 6.12. The van der Waals surface area contributed by atoms with Gasteiger partial charge in [-0.1, -0.05) is 12.1 Å². The summed E-state index contributed by atoms with van der Waals surface area (Å²) in [6.07, 6.45) is 0. The molecule has 12 heteroatoms. The van der Waals surface area contributed by atoms with Crippen molar-refractivity contribution in [1.29, 1.82) is 0 Å². The van der Waals surface area contributed by atoms with Crippen LogP contribution in [-0.4, -0.2) is 31.8 Å². The van der Waals surface area contributed by atoms with Crippen LogP contribution < -0.4 is 20.3 Å². The fraction of sp³-hybridized carbons (Fsp3) is 0.130. The van der Waals surface area contributed by atoms with Crippen molar-refractivity contribution in [2.24, 2.45) is 0 Å². The highest BCUT2D eigenvalue weighted by molar-refractivity contribution is 7.92. The SMILES string of the molecule is CCOc1ccc(S(=O)(=O)Nc2ccc(C(=O)NNC(=O)c3cccc(C)c3[N+](=O)[O-])cc2)cc1. The maximum Gasteiger partial charge on any atom is 0.285 e. The fourth-order valence-electron chi connectivity index (χ4n) is 3.12. The largest absolute Gasteiger partial charge is 0.494 e. The van der Waals surface area contributed by atoms with E-state index in [-0.39, 0.29) is 27.4 Å². The summed E-state index contributed by atoms with van der Waals surface area (Å²) in [4.78, 5) is 35.3. The molecule has 182 valence electrons. The highest BCUT2D eigenvalue weighted by Crippen LogP contribution is 2.23. The van der Waals surface area contributed by atoms with Gasteiger partial charge in [0.15, 0.2) is 0 Å². The first kappa shape index (κ1) is 25.2. The smallest absolute Gasteiger partial charge is 0.285 e. The Morgan fingerprint density at radius 1 is 0.943 bits per heavy atom. The van der Waals surface area contributed by atoms with Gasteiger partial charge < -0.3 is 4.74 Å². The highest BCUT2D eigenvalue weighted by Gasteiger charge is 2.23. The lowest BCUT2D eigenvalue weighted by Crippen LogP contribution is -2.41. The van der Waals surface area contributed by atoms with Crippen molar-refractivity contribution in [2.45, 2.75) is 18.7 Å². The van der Waals surface area contributed by atoms with Gasteiger partial charge in [0.2, 0.25) is 0 Å². The summed E-state index contributed by atoms with van der Waals surface area (Å²) in [5.41, 5.74) is 4.40. The van der Waals surface area contributed by atoms with Gasteiger partial charge in [-0.2, -0.15) is 0 Å². The molecule has 0 aliphatic rings. The van der Waals surface area contributed by atoms with E-state index < -0.39 is 26.8 Å². The number of carbonyl (C=O) groups is 2. The second-order valence-corrected chi connectivity index (χ2v) is 8.91. The third-order valence-electron chi connectivity index (χ3n) is 4.80. The molecule has 3 rings (SSSR count). The van der Waals surface area contributed by atoms with Gasteiger partial charge in [-0.15, -0.1) is 0 Å². The molecule has 0 heterocycles. The van der Waals surface area contributed by atoms with Crippen molar-refractivity contribution in [2.75, 3.05) is 11.3 Å². The van der Waals surface area contributed by atoms with Crippen LogP contribution in [0.1, 0.15) is 33.2 Å². The summed E-state index contributed by atoms with van der Waals surface area (Å²) in [5.74, 6) is -1.01. The van der Waals surface area contributed by atoms with Crippen LogP contribution in [0.3, 0.4) is 0 Å². The van der Waals surface area contributed by atoms with Crippen molar-refractivity contribution < 1.29 is 27.7 Å². The lowest BCUT2D eigenvalue weighted by Gasteiger charge is -2.11. The van der Waals surface area contributed by atoms with Crippen LogP contribution in [0.15, 0.2) is 71.6 Å². The number of benzene rings is 3. The Labute approximate surface area is 201 Å². The predicted molar refractivity (Wildman–Crippen MR) is 128 cm³/mol. The van der Waals surface area contributed by atoms with Crippen molar-refractivity contribution in [3.63, 3.8) is 0 Å². The molecular weight excluding hydrogens is 476 g/mol. The van der Waals surface area contributed by atoms with Crippen LogP contribution in [0.4, 0.5) is 11.4 Å². The minimum atomic E-state index is -3.86. The second-order valence-electron chi connectivity index (χ2n) is 7.22. The first-order chi connectivity index (χ1) is 16.6. The Hall–Kier alpha value is -4.45. The Kier molecular flexibility index (Phi) is 7.66. The van der Waals surface area contributed by atoms with E-state index in [2.05, 4.69) is 15.6 Å². The summed E-state index contributed by atoms with van der Waals surface area (Å²) in [6, 6.07) is 15.7. The van der Waals surface area contributed by atoms with E-state index in [0.29, 0.717) is 17.9 Å². The van der Waals surface area contributed by atoms with E-state index in [4.69, 9.17) is 4.74 Å². The monoisotopic (exact) mass is 498 g/mol. The van der Waals surface area contributed by atoms with Gasteiger partial charge in [-0.25, -0.2) is 8.42 Å². The number of rotatable bonds is 8. The molecule has 3 N–H and O–H groups in total. The van der Waals surface area contributed by atoms with Crippen LogP contribution in [0.2, 0.25) is 0 Å². The summed E-state index contributed by atoms with van der Waals surface area (Å²) in [6.45, 7) is 3.78. The highest BCUT2D eigenvalue weighted by atomic mass is 32.2. The number of hydrazine groups is 1. The molecular formula is C23H22N4O7S. The van der Waals surface area contributed by atoms with Crippen LogP contribution in [0.25, 0.3) is 0 Å². The molecule has 3 aromatic carbocycles. The van der Waals surface area contributed by atoms with Crippen molar-refractivity contribution in [3.8, 4) is 5.75 Å². The van der Waals surface area contributed by atoms with E-state index in [9.17, 15) is 28.1 Å². The number of carbonyl (C=O) groups excluding carboxylic acids is 2. The normalized spacial score (nSPS) is 10.8. The summed E-state index contributed by atoms with van der Waals surface area (Å²) in [5, 5.41) is 11.3. The number of amides is 2. The van der Waals surface area contributed by atoms with E-state index >= 15 is 0 Å². The number of sulfonamides is 1. The number of nitrogens with one attached hydrogen (secondary N) is 3. The van der Waals surface area contributed by atoms with E-state index in [1.54, 1.807) is 12.1 Å². The molecule has 0 aromatic heterocycles. The standard InChI is InChI=1S/C23H22N4O7S/c1-3-34-18-11-13-19(14-12-18)35(32,33)26-17-9-7-16(8-10-17)22(28)24-25-23(29)20-6-4-5-15(2)21(20)27(30)31/h4-14,26H,3H2,1-2H3,(H,24,28)(H,25,29). The number of nitrogens with zero attached hydrogens (tertiary/aromatic N) is 1. The molecule has 2 amide bonds. The molecule has 0 fully saturated rings. The number of hydrogen-bond donors (Lipinski definition) is 3. The number of aryl methyl sites for hydroxylation is 1. The molecule has 11 nitrogen and oxygen atoms in total. The van der Waals surface area contributed by atoms with Crippen LogP contribution in [0.5, 0.6) is 5.75 Å². The molecule has 35 heavy (non-hydrogen) atoms. The Bertz CT molecular complexity index is 1360. The first-order valence-electron chi connectivity index (χ1n) is 10.3. The molecule has 0 aliphatic carbocycles. The average Bonchev–Trinajstić information content (AvgIpc) is 2.82. The average molecular weight is 499 g/mol. The molecule has 0 aliphatic heterocycles. The number of hydrogen-bond acceptors (Lipinski definition) is 7. The van der Waals surface area contributed by atoms with E-state index in [1.165, 1.54) is 61.5 Å². The first-order valence-corrected chi connectivity index (χ1v) is 11.8. The van der Waals surface area contributed by atoms with Crippen LogP contribution in [0, 0.1) is 17.0 Å². The molecule has 3 aromatic rings. The van der Waals surface area contributed by atoms with Gasteiger partial charge in [0.05, 0.1) is 16.4 Å². The summed E-state index contributed by atoms with van der Waals surface area (Å²) in [7, 11) is -3.86. The van der Waals surface area contributed by atoms with Crippen LogP contribution in [-0.2, 0) is 10.0 Å². The lowest BCUT2D eigenvalue weighted by molar-refractivity contribution is -0.385. The molecule has 0 unspecified atom stereocenters. The minimum Gasteiger partial charge on any atom is -0.494 e. The van der Waals surface area contributed by atoms with Gasteiger partial charge in [0.1, 0.15) is 11.3 Å². The summed E-state index contributed by atoms with van der Waals surface area (Å²) < 4.78 is 32.9. The third-order valence-corrected chi connectivity index (χ3v) is 6.20. The quantitative estimate of drug-likeness (QED) is 0.318. The Morgan fingerprint density at radius 3 is 2.17 bits per heavy atom. The molecule has 0 saturated carbocycles. The van der Waals surface area contributed by atoms with Crippen molar-refractivity contribution >= 4 is 33.2 Å². The molecule has 0 saturated heterocycles. The Morgan fingerprint density at radius 2 is 1.57 bits per heavy atom. The van der Waals surface area contributed by atoms with E-state index in [1.807, 2.05) is 6.92 Å². The van der Waals surface area contributed by atoms with E-state index in [0.717, 1.165) is 0 Å². The lowest BCUT2D eigenvalue weighted by atomic mass is 10.1. The fourth-order valence-corrected chi connectivity index (χ4v) is 4.18. The minimum absolute atomic E-state index is 0.0377. The zero-order valence-corrected chi connectivity index (χ0v) is 19.6. The van der Waals surface area contributed by atoms with Crippen molar-refractivity contribution in [1.82, 2.24) is 10.9 Å². The summed E-state index contributed by atoms with van der Waals surface area (Å²) >= 11 is 0. The number of nitro benzene ring substituents is 1. The van der Waals surface area contributed by atoms with Gasteiger partial charge in [-0.3, -0.25) is 35.3 Å². The Balaban J connectivity index is 1.63. The molecule has 0 bridgehead atoms. The zero-order valence-electron chi connectivity index (χ0n) is 18.8. The maximum absolute atomic E-state index is 12.6. The van der Waals surface area contributed by atoms with Gasteiger partial charge in [0.25, 0.3) is 27.5 Å². The molecule has 0 atom stereocenters. The molecule has 0 radical (unpaired) electrons.